The first-order valence-corrected chi connectivity index (χ1v) is 6.12. The normalized spacial score (nSPS) is 10.2. The average molecular weight is 255 g/mol. The van der Waals surface area contributed by atoms with E-state index in [-0.39, 0.29) is 5.91 Å². The van der Waals surface area contributed by atoms with Crippen molar-refractivity contribution in [3.8, 4) is 5.69 Å². The summed E-state index contributed by atoms with van der Waals surface area (Å²) >= 11 is 0. The number of aryl methyl sites for hydroxylation is 1. The number of benzene rings is 1. The van der Waals surface area contributed by atoms with Gasteiger partial charge in [0, 0.05) is 17.5 Å². The molecule has 1 heterocycles. The Labute approximate surface area is 112 Å². The molecule has 4 heteroatoms. The summed E-state index contributed by atoms with van der Waals surface area (Å²) in [4.78, 5) is 15.9. The van der Waals surface area contributed by atoms with Crippen LogP contribution in [0.2, 0.25) is 0 Å². The summed E-state index contributed by atoms with van der Waals surface area (Å²) in [7, 11) is 0. The van der Waals surface area contributed by atoms with Gasteiger partial charge in [-0.2, -0.15) is 0 Å². The number of amides is 1. The number of carbonyl (C=O) groups is 1. The van der Waals surface area contributed by atoms with Crippen LogP contribution in [0.5, 0.6) is 0 Å². The third kappa shape index (κ3) is 3.10. The van der Waals surface area contributed by atoms with Crippen molar-refractivity contribution < 1.29 is 4.79 Å². The fourth-order valence-electron chi connectivity index (χ4n) is 1.79. The quantitative estimate of drug-likeness (QED) is 0.853. The maximum atomic E-state index is 11.4. The Morgan fingerprint density at radius 2 is 2.05 bits per heavy atom. The summed E-state index contributed by atoms with van der Waals surface area (Å²) in [5.74, 6) is 0.748. The molecule has 0 aliphatic heterocycles. The molecular formula is C15H17N3O. The molecule has 98 valence electrons. The number of para-hydroxylation sites is 1. The van der Waals surface area contributed by atoms with Crippen molar-refractivity contribution in [1.82, 2.24) is 14.9 Å². The van der Waals surface area contributed by atoms with E-state index in [0.717, 1.165) is 17.2 Å². The minimum atomic E-state index is -0.146. The van der Waals surface area contributed by atoms with Crippen molar-refractivity contribution in [2.24, 2.45) is 0 Å². The van der Waals surface area contributed by atoms with E-state index in [4.69, 9.17) is 0 Å². The molecule has 1 aromatic heterocycles. The van der Waals surface area contributed by atoms with Gasteiger partial charge < -0.3 is 9.88 Å². The van der Waals surface area contributed by atoms with Gasteiger partial charge in [0.25, 0.3) is 0 Å². The lowest BCUT2D eigenvalue weighted by atomic mass is 10.3. The van der Waals surface area contributed by atoms with E-state index in [2.05, 4.69) is 16.9 Å². The lowest BCUT2D eigenvalue weighted by Gasteiger charge is -2.03. The number of hydrogen-bond acceptors (Lipinski definition) is 2. The van der Waals surface area contributed by atoms with E-state index in [1.807, 2.05) is 48.0 Å². The highest BCUT2D eigenvalue weighted by Crippen LogP contribution is 2.11. The Hall–Kier alpha value is -2.36. The summed E-state index contributed by atoms with van der Waals surface area (Å²) in [6, 6.07) is 9.98. The van der Waals surface area contributed by atoms with E-state index >= 15 is 0 Å². The zero-order valence-corrected chi connectivity index (χ0v) is 11.2. The molecule has 0 unspecified atom stereocenters. The first-order chi connectivity index (χ1) is 9.08. The van der Waals surface area contributed by atoms with Crippen molar-refractivity contribution in [3.63, 3.8) is 0 Å². The molecule has 0 radical (unpaired) electrons. The van der Waals surface area contributed by atoms with Gasteiger partial charge in [-0.15, -0.1) is 0 Å². The van der Waals surface area contributed by atoms with Crippen LogP contribution in [-0.2, 0) is 11.3 Å². The third-order valence-electron chi connectivity index (χ3n) is 2.78. The Morgan fingerprint density at radius 1 is 1.37 bits per heavy atom. The molecule has 0 bridgehead atoms. The van der Waals surface area contributed by atoms with Crippen LogP contribution >= 0.6 is 0 Å². The molecule has 2 rings (SSSR count). The lowest BCUT2D eigenvalue weighted by molar-refractivity contribution is -0.117. The first kappa shape index (κ1) is 13.1. The van der Waals surface area contributed by atoms with E-state index in [9.17, 15) is 4.79 Å². The molecule has 0 saturated carbocycles. The second-order valence-electron chi connectivity index (χ2n) is 4.45. The zero-order chi connectivity index (χ0) is 13.8. The van der Waals surface area contributed by atoms with Crippen LogP contribution < -0.4 is 5.32 Å². The fourth-order valence-corrected chi connectivity index (χ4v) is 1.79. The number of nitrogens with one attached hydrogen (secondary N) is 1. The molecule has 1 amide bonds. The van der Waals surface area contributed by atoms with Crippen molar-refractivity contribution >= 4 is 5.91 Å². The van der Waals surface area contributed by atoms with Crippen molar-refractivity contribution in [3.05, 3.63) is 60.2 Å². The highest BCUT2D eigenvalue weighted by atomic mass is 16.1. The van der Waals surface area contributed by atoms with Crippen molar-refractivity contribution in [2.75, 3.05) is 0 Å². The molecule has 0 spiro atoms. The number of rotatable bonds is 4. The Balaban J connectivity index is 2.14. The topological polar surface area (TPSA) is 46.9 Å². The molecule has 0 aliphatic carbocycles. The average Bonchev–Trinajstić information content (AvgIpc) is 2.78. The fraction of sp³-hybridized carbons (Fsp3) is 0.200. The van der Waals surface area contributed by atoms with Gasteiger partial charge >= 0.3 is 0 Å². The van der Waals surface area contributed by atoms with Crippen LogP contribution in [0.3, 0.4) is 0 Å². The van der Waals surface area contributed by atoms with Gasteiger partial charge in [0.2, 0.25) is 5.91 Å². The molecule has 0 aliphatic rings. The van der Waals surface area contributed by atoms with Crippen molar-refractivity contribution in [2.45, 2.75) is 20.4 Å². The van der Waals surface area contributed by atoms with Crippen LogP contribution in [-0.4, -0.2) is 15.5 Å². The van der Waals surface area contributed by atoms with Gasteiger partial charge in [0.15, 0.2) is 0 Å². The Morgan fingerprint density at radius 3 is 2.68 bits per heavy atom. The minimum absolute atomic E-state index is 0.146. The molecule has 2 aromatic rings. The number of carbonyl (C=O) groups excluding carboxylic acids is 1. The molecule has 19 heavy (non-hydrogen) atoms. The number of hydrogen-bond donors (Lipinski definition) is 1. The van der Waals surface area contributed by atoms with Crippen LogP contribution in [0.25, 0.3) is 5.69 Å². The van der Waals surface area contributed by atoms with Crippen molar-refractivity contribution in [1.29, 1.82) is 0 Å². The predicted octanol–water partition coefficient (Wildman–Crippen LogP) is 2.37. The van der Waals surface area contributed by atoms with Gasteiger partial charge in [-0.25, -0.2) is 4.98 Å². The van der Waals surface area contributed by atoms with Gasteiger partial charge in [0.05, 0.1) is 12.2 Å². The SMILES string of the molecule is C=C(C)C(=O)NCc1cn(-c2ccccc2)c(C)n1. The van der Waals surface area contributed by atoms with Crippen LogP contribution in [0.15, 0.2) is 48.7 Å². The van der Waals surface area contributed by atoms with Gasteiger partial charge in [0.1, 0.15) is 5.82 Å². The Kier molecular flexibility index (Phi) is 3.80. The molecule has 1 aromatic carbocycles. The third-order valence-corrected chi connectivity index (χ3v) is 2.78. The lowest BCUT2D eigenvalue weighted by Crippen LogP contribution is -2.23. The van der Waals surface area contributed by atoms with Gasteiger partial charge in [-0.3, -0.25) is 4.79 Å². The molecule has 0 atom stereocenters. The second-order valence-corrected chi connectivity index (χ2v) is 4.45. The summed E-state index contributed by atoms with van der Waals surface area (Å²) in [5.41, 5.74) is 2.39. The highest BCUT2D eigenvalue weighted by molar-refractivity contribution is 5.91. The molecule has 4 nitrogen and oxygen atoms in total. The van der Waals surface area contributed by atoms with Gasteiger partial charge in [-0.05, 0) is 26.0 Å². The predicted molar refractivity (Wildman–Crippen MR) is 75.0 cm³/mol. The van der Waals surface area contributed by atoms with E-state index in [1.54, 1.807) is 6.92 Å². The highest BCUT2D eigenvalue weighted by Gasteiger charge is 2.07. The molecule has 0 fully saturated rings. The first-order valence-electron chi connectivity index (χ1n) is 6.12. The largest absolute Gasteiger partial charge is 0.347 e. The van der Waals surface area contributed by atoms with E-state index < -0.39 is 0 Å². The van der Waals surface area contributed by atoms with Crippen LogP contribution in [0.1, 0.15) is 18.4 Å². The smallest absolute Gasteiger partial charge is 0.246 e. The summed E-state index contributed by atoms with van der Waals surface area (Å²) < 4.78 is 2.00. The number of nitrogens with zero attached hydrogens (tertiary/aromatic N) is 2. The number of aromatic nitrogens is 2. The molecular weight excluding hydrogens is 238 g/mol. The van der Waals surface area contributed by atoms with Crippen LogP contribution in [0, 0.1) is 6.92 Å². The molecule has 0 saturated heterocycles. The summed E-state index contributed by atoms with van der Waals surface area (Å²) in [6.45, 7) is 7.63. The maximum Gasteiger partial charge on any atom is 0.246 e. The summed E-state index contributed by atoms with van der Waals surface area (Å²) in [6.07, 6.45) is 1.93. The Bertz CT molecular complexity index is 599. The number of imidazole rings is 1. The van der Waals surface area contributed by atoms with E-state index in [1.165, 1.54) is 0 Å². The van der Waals surface area contributed by atoms with Gasteiger partial charge in [-0.1, -0.05) is 24.8 Å². The minimum Gasteiger partial charge on any atom is -0.347 e. The van der Waals surface area contributed by atoms with E-state index in [0.29, 0.717) is 12.1 Å². The summed E-state index contributed by atoms with van der Waals surface area (Å²) in [5, 5.41) is 2.78. The monoisotopic (exact) mass is 255 g/mol. The maximum absolute atomic E-state index is 11.4. The second kappa shape index (κ2) is 5.52. The zero-order valence-electron chi connectivity index (χ0n) is 11.2. The van der Waals surface area contributed by atoms with Crippen LogP contribution in [0.4, 0.5) is 0 Å². The molecule has 1 N–H and O–H groups in total. The standard InChI is InChI=1S/C15H17N3O/c1-11(2)15(19)16-9-13-10-18(12(3)17-13)14-7-5-4-6-8-14/h4-8,10H,1,9H2,2-3H3,(H,16,19).